The van der Waals surface area contributed by atoms with Gasteiger partial charge in [0.15, 0.2) is 0 Å². The number of carboxylic acid groups (broad SMARTS) is 1. The second-order valence-corrected chi connectivity index (χ2v) is 5.25. The van der Waals surface area contributed by atoms with Crippen LogP contribution in [-0.2, 0) is 4.75 Å². The molecule has 0 unspecified atom stereocenters. The van der Waals surface area contributed by atoms with Gasteiger partial charge in [-0.25, -0.2) is 9.78 Å². The van der Waals surface area contributed by atoms with Crippen LogP contribution in [0.25, 0.3) is 0 Å². The van der Waals surface area contributed by atoms with E-state index in [-0.39, 0.29) is 4.75 Å². The molecule has 1 aromatic heterocycles. The van der Waals surface area contributed by atoms with Crippen LogP contribution >= 0.6 is 23.1 Å². The van der Waals surface area contributed by atoms with Crippen molar-refractivity contribution in [1.82, 2.24) is 4.98 Å². The van der Waals surface area contributed by atoms with E-state index in [1.54, 1.807) is 11.8 Å². The zero-order chi connectivity index (χ0) is 9.47. The monoisotopic (exact) mass is 215 g/mol. The predicted molar refractivity (Wildman–Crippen MR) is 53.5 cm³/mol. The summed E-state index contributed by atoms with van der Waals surface area (Å²) in [5.74, 6) is -0.874. The molecule has 1 N–H and O–H groups in total. The first-order chi connectivity index (χ1) is 6.18. The summed E-state index contributed by atoms with van der Waals surface area (Å²) in [5.41, 5.74) is 0. The van der Waals surface area contributed by atoms with Crippen molar-refractivity contribution < 1.29 is 9.90 Å². The number of thioether (sulfide) groups is 1. The molecule has 70 valence electrons. The lowest BCUT2D eigenvalue weighted by molar-refractivity contribution is 0.0702. The second kappa shape index (κ2) is 2.99. The average Bonchev–Trinajstić information content (AvgIpc) is 2.75. The Morgan fingerprint density at radius 2 is 2.46 bits per heavy atom. The van der Waals surface area contributed by atoms with Crippen molar-refractivity contribution in [2.24, 2.45) is 0 Å². The smallest absolute Gasteiger partial charge is 0.347 e. The van der Waals surface area contributed by atoms with Crippen LogP contribution in [0.5, 0.6) is 0 Å². The van der Waals surface area contributed by atoms with E-state index >= 15 is 0 Å². The molecule has 0 aliphatic heterocycles. The van der Waals surface area contributed by atoms with Crippen molar-refractivity contribution >= 4 is 29.1 Å². The summed E-state index contributed by atoms with van der Waals surface area (Å²) >= 11 is 3.07. The molecular weight excluding hydrogens is 206 g/mol. The van der Waals surface area contributed by atoms with E-state index in [4.69, 9.17) is 5.11 Å². The molecule has 0 radical (unpaired) electrons. The number of aromatic nitrogens is 1. The molecule has 5 heteroatoms. The number of nitrogens with zero attached hydrogens (tertiary/aromatic N) is 1. The minimum atomic E-state index is -0.874. The highest BCUT2D eigenvalue weighted by molar-refractivity contribution is 7.99. The summed E-state index contributed by atoms with van der Waals surface area (Å²) in [7, 11) is 0. The van der Waals surface area contributed by atoms with Gasteiger partial charge in [0.05, 0.1) is 10.9 Å². The van der Waals surface area contributed by atoms with Crippen LogP contribution in [0.2, 0.25) is 0 Å². The van der Waals surface area contributed by atoms with Gasteiger partial charge in [-0.2, -0.15) is 11.8 Å². The molecule has 1 saturated carbocycles. The Kier molecular flexibility index (Phi) is 2.08. The fraction of sp³-hybridized carbons (Fsp3) is 0.500. The highest BCUT2D eigenvalue weighted by Gasteiger charge is 2.46. The molecule has 0 spiro atoms. The maximum Gasteiger partial charge on any atom is 0.347 e. The van der Waals surface area contributed by atoms with Gasteiger partial charge in [0.1, 0.15) is 9.88 Å². The zero-order valence-corrected chi connectivity index (χ0v) is 8.74. The molecule has 13 heavy (non-hydrogen) atoms. The lowest BCUT2D eigenvalue weighted by Gasteiger charge is -2.05. The van der Waals surface area contributed by atoms with Gasteiger partial charge < -0.3 is 5.11 Å². The Hall–Kier alpha value is -0.550. The van der Waals surface area contributed by atoms with Crippen molar-refractivity contribution in [3.05, 3.63) is 16.1 Å². The molecule has 0 atom stereocenters. The SMILES string of the molecule is CSC1(c2ncc(C(=O)O)s2)CC1. The van der Waals surface area contributed by atoms with E-state index in [0.717, 1.165) is 17.8 Å². The van der Waals surface area contributed by atoms with Gasteiger partial charge in [-0.05, 0) is 19.1 Å². The Morgan fingerprint density at radius 1 is 1.77 bits per heavy atom. The Bertz CT molecular complexity index is 344. The second-order valence-electron chi connectivity index (χ2n) is 3.03. The number of thiazole rings is 1. The van der Waals surface area contributed by atoms with E-state index < -0.39 is 5.97 Å². The molecule has 2 rings (SSSR count). The quantitative estimate of drug-likeness (QED) is 0.839. The van der Waals surface area contributed by atoms with Crippen LogP contribution < -0.4 is 0 Å². The lowest BCUT2D eigenvalue weighted by atomic mass is 10.4. The topological polar surface area (TPSA) is 50.2 Å². The van der Waals surface area contributed by atoms with Gasteiger partial charge in [-0.1, -0.05) is 0 Å². The van der Waals surface area contributed by atoms with E-state index in [2.05, 4.69) is 11.2 Å². The highest BCUT2D eigenvalue weighted by Crippen LogP contribution is 2.56. The minimum Gasteiger partial charge on any atom is -0.477 e. The molecular formula is C8H9NO2S2. The van der Waals surface area contributed by atoms with Crippen LogP contribution in [-0.4, -0.2) is 22.3 Å². The predicted octanol–water partition coefficient (Wildman–Crippen LogP) is 2.19. The van der Waals surface area contributed by atoms with Gasteiger partial charge in [-0.3, -0.25) is 0 Å². The van der Waals surface area contributed by atoms with E-state index in [1.165, 1.54) is 17.5 Å². The molecule has 3 nitrogen and oxygen atoms in total. The average molecular weight is 215 g/mol. The standard InChI is InChI=1S/C8H9NO2S2/c1-12-8(2-3-8)7-9-4-5(13-7)6(10)11/h4H,2-3H2,1H3,(H,10,11). The molecule has 0 saturated heterocycles. The molecule has 0 bridgehead atoms. The van der Waals surface area contributed by atoms with Crippen LogP contribution in [0.3, 0.4) is 0 Å². The molecule has 1 fully saturated rings. The largest absolute Gasteiger partial charge is 0.477 e. The van der Waals surface area contributed by atoms with Crippen molar-refractivity contribution in [1.29, 1.82) is 0 Å². The van der Waals surface area contributed by atoms with E-state index in [1.807, 2.05) is 0 Å². The van der Waals surface area contributed by atoms with Gasteiger partial charge >= 0.3 is 5.97 Å². The number of rotatable bonds is 3. The van der Waals surface area contributed by atoms with Crippen LogP contribution in [0, 0.1) is 0 Å². The van der Waals surface area contributed by atoms with Crippen molar-refractivity contribution in [2.45, 2.75) is 17.6 Å². The molecule has 0 amide bonds. The summed E-state index contributed by atoms with van der Waals surface area (Å²) in [4.78, 5) is 15.1. The fourth-order valence-electron chi connectivity index (χ4n) is 1.20. The Labute approximate surface area is 84.2 Å². The third kappa shape index (κ3) is 1.46. The zero-order valence-electron chi connectivity index (χ0n) is 7.11. The summed E-state index contributed by atoms with van der Waals surface area (Å²) in [6.45, 7) is 0. The van der Waals surface area contributed by atoms with Gasteiger partial charge in [0, 0.05) is 0 Å². The molecule has 1 aromatic rings. The third-order valence-electron chi connectivity index (χ3n) is 2.20. The number of aromatic carboxylic acids is 1. The summed E-state index contributed by atoms with van der Waals surface area (Å²) in [6, 6.07) is 0. The van der Waals surface area contributed by atoms with E-state index in [9.17, 15) is 4.79 Å². The first-order valence-corrected chi connectivity index (χ1v) is 5.97. The Balaban J connectivity index is 2.28. The highest BCUT2D eigenvalue weighted by atomic mass is 32.2. The minimum absolute atomic E-state index is 0.151. The number of hydrogen-bond acceptors (Lipinski definition) is 4. The van der Waals surface area contributed by atoms with Crippen LogP contribution in [0.15, 0.2) is 6.20 Å². The fourth-order valence-corrected chi connectivity index (χ4v) is 3.21. The maximum absolute atomic E-state index is 10.6. The number of carbonyl (C=O) groups is 1. The van der Waals surface area contributed by atoms with Crippen molar-refractivity contribution in [3.63, 3.8) is 0 Å². The van der Waals surface area contributed by atoms with Crippen molar-refractivity contribution in [3.8, 4) is 0 Å². The van der Waals surface area contributed by atoms with E-state index in [0.29, 0.717) is 4.88 Å². The lowest BCUT2D eigenvalue weighted by Crippen LogP contribution is -1.97. The molecule has 1 heterocycles. The van der Waals surface area contributed by atoms with Crippen LogP contribution in [0.4, 0.5) is 0 Å². The first-order valence-electron chi connectivity index (χ1n) is 3.93. The third-order valence-corrected chi connectivity index (χ3v) is 4.90. The normalized spacial score (nSPS) is 18.5. The number of hydrogen-bond donors (Lipinski definition) is 1. The van der Waals surface area contributed by atoms with Gasteiger partial charge in [-0.15, -0.1) is 11.3 Å². The van der Waals surface area contributed by atoms with Gasteiger partial charge in [0.2, 0.25) is 0 Å². The van der Waals surface area contributed by atoms with Gasteiger partial charge in [0.25, 0.3) is 0 Å². The van der Waals surface area contributed by atoms with Crippen LogP contribution in [0.1, 0.15) is 27.5 Å². The maximum atomic E-state index is 10.6. The molecule has 0 aromatic carbocycles. The summed E-state index contributed by atoms with van der Waals surface area (Å²) < 4.78 is 0.151. The Morgan fingerprint density at radius 3 is 2.85 bits per heavy atom. The van der Waals surface area contributed by atoms with Crippen molar-refractivity contribution in [2.75, 3.05) is 6.26 Å². The number of carboxylic acids is 1. The summed E-state index contributed by atoms with van der Waals surface area (Å²) in [6.07, 6.45) is 5.76. The summed E-state index contributed by atoms with van der Waals surface area (Å²) in [5, 5.41) is 9.69. The molecule has 1 aliphatic rings. The first kappa shape index (κ1) is 9.02. The molecule has 1 aliphatic carbocycles.